The fourth-order valence-corrected chi connectivity index (χ4v) is 3.59. The van der Waals surface area contributed by atoms with Crippen molar-refractivity contribution in [3.8, 4) is 17.2 Å². The Bertz CT molecular complexity index is 1120. The minimum atomic E-state index is -3.43. The Hall–Kier alpha value is -3.20. The molecule has 0 saturated carbocycles. The third kappa shape index (κ3) is 4.80. The lowest BCUT2D eigenvalue weighted by Gasteiger charge is -2.08. The second-order valence-electron chi connectivity index (χ2n) is 6.64. The summed E-state index contributed by atoms with van der Waals surface area (Å²) in [5.41, 5.74) is 1.35. The Balaban J connectivity index is 1.68. The lowest BCUT2D eigenvalue weighted by molar-refractivity contribution is -0.118. The van der Waals surface area contributed by atoms with Gasteiger partial charge in [-0.3, -0.25) is 10.1 Å². The van der Waals surface area contributed by atoms with Crippen molar-refractivity contribution in [1.82, 2.24) is 10.2 Å². The van der Waals surface area contributed by atoms with Crippen LogP contribution in [0.3, 0.4) is 0 Å². The molecule has 0 aliphatic rings. The Morgan fingerprint density at radius 1 is 1.14 bits per heavy atom. The summed E-state index contributed by atoms with van der Waals surface area (Å²) in [7, 11) is -3.43. The van der Waals surface area contributed by atoms with E-state index in [9.17, 15) is 13.2 Å². The molecular formula is C20H21N3O5S. The maximum absolute atomic E-state index is 12.3. The van der Waals surface area contributed by atoms with E-state index in [2.05, 4.69) is 15.5 Å². The number of nitrogens with one attached hydrogen (secondary N) is 1. The summed E-state index contributed by atoms with van der Waals surface area (Å²) in [4.78, 5) is 12.2. The number of ether oxygens (including phenoxy) is 1. The van der Waals surface area contributed by atoms with Gasteiger partial charge in [-0.1, -0.05) is 29.4 Å². The molecule has 0 aliphatic heterocycles. The molecule has 8 nitrogen and oxygen atoms in total. The van der Waals surface area contributed by atoms with Gasteiger partial charge < -0.3 is 9.15 Å². The summed E-state index contributed by atoms with van der Waals surface area (Å²) in [6, 6.07) is 13.5. The molecule has 0 unspecified atom stereocenters. The Morgan fingerprint density at radius 3 is 2.62 bits per heavy atom. The van der Waals surface area contributed by atoms with Crippen LogP contribution in [0.1, 0.15) is 19.4 Å². The van der Waals surface area contributed by atoms with Gasteiger partial charge in [-0.15, -0.1) is 5.10 Å². The zero-order chi connectivity index (χ0) is 21.0. The molecule has 2 aromatic carbocycles. The number of hydrogen-bond donors (Lipinski definition) is 1. The highest BCUT2D eigenvalue weighted by atomic mass is 32.2. The molecule has 1 amide bonds. The summed E-state index contributed by atoms with van der Waals surface area (Å²) in [6.45, 7) is 4.89. The molecule has 0 radical (unpaired) electrons. The molecule has 3 rings (SSSR count). The Labute approximate surface area is 168 Å². The van der Waals surface area contributed by atoms with Crippen molar-refractivity contribution in [1.29, 1.82) is 0 Å². The van der Waals surface area contributed by atoms with Crippen LogP contribution in [0, 0.1) is 6.92 Å². The van der Waals surface area contributed by atoms with E-state index in [1.54, 1.807) is 32.0 Å². The fourth-order valence-electron chi connectivity index (χ4n) is 2.49. The standard InChI is InChI=1S/C20H21N3O5S/c1-13(2)29(25,26)16-9-6-8-15(11-16)19-22-23-20(28-19)21-18(24)12-27-17-10-5-4-7-14(17)3/h4-11,13H,12H2,1-3H3,(H,21,23,24). The van der Waals surface area contributed by atoms with Crippen LogP contribution >= 0.6 is 0 Å². The van der Waals surface area contributed by atoms with Crippen LogP contribution < -0.4 is 10.1 Å². The zero-order valence-corrected chi connectivity index (χ0v) is 17.1. The van der Waals surface area contributed by atoms with E-state index in [1.807, 2.05) is 25.1 Å². The molecular weight excluding hydrogens is 394 g/mol. The topological polar surface area (TPSA) is 111 Å². The predicted molar refractivity (Wildman–Crippen MR) is 107 cm³/mol. The number of anilines is 1. The van der Waals surface area contributed by atoms with Crippen molar-refractivity contribution in [3.63, 3.8) is 0 Å². The van der Waals surface area contributed by atoms with Gasteiger partial charge >= 0.3 is 6.01 Å². The molecule has 0 bridgehead atoms. The summed E-state index contributed by atoms with van der Waals surface area (Å²) in [5, 5.41) is 9.56. The van der Waals surface area contributed by atoms with Crippen LogP contribution in [0.4, 0.5) is 6.01 Å². The van der Waals surface area contributed by atoms with E-state index < -0.39 is 21.0 Å². The molecule has 3 aromatic rings. The molecule has 1 N–H and O–H groups in total. The van der Waals surface area contributed by atoms with E-state index in [-0.39, 0.29) is 23.4 Å². The molecule has 9 heteroatoms. The first-order valence-electron chi connectivity index (χ1n) is 8.93. The number of carbonyl (C=O) groups is 1. The molecule has 1 heterocycles. The van der Waals surface area contributed by atoms with Gasteiger partial charge in [0, 0.05) is 5.56 Å². The number of para-hydroxylation sites is 1. The normalized spacial score (nSPS) is 11.4. The van der Waals surface area contributed by atoms with E-state index >= 15 is 0 Å². The third-order valence-corrected chi connectivity index (χ3v) is 6.31. The van der Waals surface area contributed by atoms with Crippen molar-refractivity contribution >= 4 is 21.8 Å². The van der Waals surface area contributed by atoms with Gasteiger partial charge in [0.05, 0.1) is 10.1 Å². The molecule has 0 aliphatic carbocycles. The number of sulfone groups is 1. The maximum Gasteiger partial charge on any atom is 0.322 e. The smallest absolute Gasteiger partial charge is 0.322 e. The van der Waals surface area contributed by atoms with Crippen molar-refractivity contribution in [2.24, 2.45) is 0 Å². The van der Waals surface area contributed by atoms with E-state index in [0.29, 0.717) is 11.3 Å². The number of aromatic nitrogens is 2. The highest BCUT2D eigenvalue weighted by molar-refractivity contribution is 7.92. The molecule has 0 saturated heterocycles. The number of rotatable bonds is 7. The van der Waals surface area contributed by atoms with Crippen molar-refractivity contribution < 1.29 is 22.4 Å². The predicted octanol–water partition coefficient (Wildman–Crippen LogP) is 3.24. The van der Waals surface area contributed by atoms with Crippen molar-refractivity contribution in [2.45, 2.75) is 30.9 Å². The molecule has 152 valence electrons. The minimum Gasteiger partial charge on any atom is -0.483 e. The molecule has 29 heavy (non-hydrogen) atoms. The largest absolute Gasteiger partial charge is 0.483 e. The first-order chi connectivity index (χ1) is 13.8. The quantitative estimate of drug-likeness (QED) is 0.630. The first-order valence-corrected chi connectivity index (χ1v) is 10.5. The van der Waals surface area contributed by atoms with Gasteiger partial charge in [-0.2, -0.15) is 0 Å². The summed E-state index contributed by atoms with van der Waals surface area (Å²) in [5.74, 6) is 0.248. The number of carbonyl (C=O) groups excluding carboxylic acids is 1. The lowest BCUT2D eigenvalue weighted by atomic mass is 10.2. The third-order valence-electron chi connectivity index (χ3n) is 4.15. The second-order valence-corrected chi connectivity index (χ2v) is 9.14. The van der Waals surface area contributed by atoms with Gasteiger partial charge in [-0.05, 0) is 50.6 Å². The Morgan fingerprint density at radius 2 is 1.90 bits per heavy atom. The van der Waals surface area contributed by atoms with Gasteiger partial charge in [0.25, 0.3) is 5.91 Å². The van der Waals surface area contributed by atoms with Crippen LogP contribution in [-0.2, 0) is 14.6 Å². The first kappa shape index (κ1) is 20.5. The van der Waals surface area contributed by atoms with E-state index in [0.717, 1.165) is 5.56 Å². The zero-order valence-electron chi connectivity index (χ0n) is 16.2. The second kappa shape index (κ2) is 8.44. The maximum atomic E-state index is 12.3. The highest BCUT2D eigenvalue weighted by Gasteiger charge is 2.20. The summed E-state index contributed by atoms with van der Waals surface area (Å²) in [6.07, 6.45) is 0. The SMILES string of the molecule is Cc1ccccc1OCC(=O)Nc1nnc(-c2cccc(S(=O)(=O)C(C)C)c2)o1. The molecule has 0 fully saturated rings. The van der Waals surface area contributed by atoms with E-state index in [1.165, 1.54) is 12.1 Å². The monoisotopic (exact) mass is 415 g/mol. The minimum absolute atomic E-state index is 0.0981. The van der Waals surface area contributed by atoms with Crippen LogP contribution in [0.2, 0.25) is 0 Å². The number of aryl methyl sites for hydroxylation is 1. The van der Waals surface area contributed by atoms with Gasteiger partial charge in [0.2, 0.25) is 5.89 Å². The van der Waals surface area contributed by atoms with Crippen LogP contribution in [0.15, 0.2) is 57.8 Å². The number of benzene rings is 2. The van der Waals surface area contributed by atoms with Crippen molar-refractivity contribution in [2.75, 3.05) is 11.9 Å². The molecule has 0 atom stereocenters. The molecule has 1 aromatic heterocycles. The van der Waals surface area contributed by atoms with Gasteiger partial charge in [0.15, 0.2) is 16.4 Å². The molecule has 0 spiro atoms. The number of hydrogen-bond acceptors (Lipinski definition) is 7. The Kier molecular flexibility index (Phi) is 5.97. The average Bonchev–Trinajstić information content (AvgIpc) is 3.16. The van der Waals surface area contributed by atoms with Gasteiger partial charge in [0.1, 0.15) is 5.75 Å². The van der Waals surface area contributed by atoms with Crippen LogP contribution in [-0.4, -0.2) is 36.4 Å². The van der Waals surface area contributed by atoms with E-state index in [4.69, 9.17) is 9.15 Å². The van der Waals surface area contributed by atoms with Gasteiger partial charge in [-0.25, -0.2) is 8.42 Å². The highest BCUT2D eigenvalue weighted by Crippen LogP contribution is 2.24. The van der Waals surface area contributed by atoms with Crippen molar-refractivity contribution in [3.05, 3.63) is 54.1 Å². The lowest BCUT2D eigenvalue weighted by Crippen LogP contribution is -2.20. The van der Waals surface area contributed by atoms with Crippen LogP contribution in [0.25, 0.3) is 11.5 Å². The number of amides is 1. The fraction of sp³-hybridized carbons (Fsp3) is 0.250. The number of nitrogens with zero attached hydrogens (tertiary/aromatic N) is 2. The summed E-state index contributed by atoms with van der Waals surface area (Å²) < 4.78 is 35.6. The summed E-state index contributed by atoms with van der Waals surface area (Å²) >= 11 is 0. The van der Waals surface area contributed by atoms with Crippen LogP contribution in [0.5, 0.6) is 5.75 Å². The average molecular weight is 415 g/mol.